The van der Waals surface area contributed by atoms with Crippen molar-refractivity contribution in [1.29, 1.82) is 0 Å². The van der Waals surface area contributed by atoms with Crippen LogP contribution in [0.1, 0.15) is 91.4 Å². The van der Waals surface area contributed by atoms with E-state index in [2.05, 4.69) is 20.8 Å². The molecule has 2 N–H and O–H groups in total. The first-order chi connectivity index (χ1) is 11.9. The molecule has 0 spiro atoms. The lowest BCUT2D eigenvalue weighted by atomic mass is 9.44. The highest BCUT2D eigenvalue weighted by atomic mass is 14.7. The maximum atomic E-state index is 6.36. The number of hydrogen-bond donors (Lipinski definition) is 1. The molecular weight excluding hydrogens is 302 g/mol. The van der Waals surface area contributed by atoms with Gasteiger partial charge >= 0.3 is 0 Å². The van der Waals surface area contributed by atoms with Crippen LogP contribution in [0.15, 0.2) is 0 Å². The van der Waals surface area contributed by atoms with E-state index in [0.717, 1.165) is 41.4 Å². The third-order valence-electron chi connectivity index (χ3n) is 10.8. The Hall–Kier alpha value is -0.0400. The second kappa shape index (κ2) is 5.73. The summed E-state index contributed by atoms with van der Waals surface area (Å²) in [6.45, 7) is 7.89. The summed E-state index contributed by atoms with van der Waals surface area (Å²) in [5, 5.41) is 0. The molecule has 5 saturated carbocycles. The van der Waals surface area contributed by atoms with Gasteiger partial charge in [0, 0.05) is 6.04 Å². The van der Waals surface area contributed by atoms with E-state index in [0.29, 0.717) is 16.9 Å². The van der Waals surface area contributed by atoms with Crippen molar-refractivity contribution in [3.8, 4) is 0 Å². The predicted octanol–water partition coefficient (Wildman–Crippen LogP) is 6.02. The van der Waals surface area contributed by atoms with Crippen molar-refractivity contribution < 1.29 is 0 Å². The normalized spacial score (nSPS) is 60.5. The van der Waals surface area contributed by atoms with E-state index in [1.807, 2.05) is 0 Å². The van der Waals surface area contributed by atoms with E-state index < -0.39 is 0 Å². The Labute approximate surface area is 155 Å². The fourth-order valence-electron chi connectivity index (χ4n) is 8.88. The van der Waals surface area contributed by atoms with Gasteiger partial charge < -0.3 is 5.73 Å². The van der Waals surface area contributed by atoms with Crippen molar-refractivity contribution in [1.82, 2.24) is 0 Å². The Bertz CT molecular complexity index is 528. The highest BCUT2D eigenvalue weighted by molar-refractivity contribution is 5.10. The summed E-state index contributed by atoms with van der Waals surface area (Å²) in [6.07, 6.45) is 16.4. The summed E-state index contributed by atoms with van der Waals surface area (Å²) in [7, 11) is 0. The molecule has 142 valence electrons. The summed E-state index contributed by atoms with van der Waals surface area (Å²) in [5.74, 6) is 7.25. The maximum absolute atomic E-state index is 6.36. The molecule has 0 aromatic heterocycles. The summed E-state index contributed by atoms with van der Waals surface area (Å²) < 4.78 is 0. The minimum atomic E-state index is 0.500. The quantitative estimate of drug-likeness (QED) is 0.652. The molecule has 0 amide bonds. The maximum Gasteiger partial charge on any atom is 0.00418 e. The molecule has 0 heterocycles. The average Bonchev–Trinajstić information content (AvgIpc) is 3.17. The van der Waals surface area contributed by atoms with Crippen molar-refractivity contribution in [2.75, 3.05) is 0 Å². The van der Waals surface area contributed by atoms with Crippen LogP contribution in [0.2, 0.25) is 0 Å². The molecule has 1 nitrogen and oxygen atoms in total. The van der Waals surface area contributed by atoms with Crippen LogP contribution < -0.4 is 5.73 Å². The molecule has 0 saturated heterocycles. The zero-order chi connectivity index (χ0) is 17.4. The Kier molecular flexibility index (Phi) is 3.91. The monoisotopic (exact) mass is 343 g/mol. The molecule has 0 bridgehead atoms. The fraction of sp³-hybridized carbons (Fsp3) is 1.00. The zero-order valence-electron chi connectivity index (χ0n) is 17.0. The van der Waals surface area contributed by atoms with Gasteiger partial charge in [0.1, 0.15) is 0 Å². The first-order valence-corrected chi connectivity index (χ1v) is 11.7. The molecule has 0 aromatic carbocycles. The summed E-state index contributed by atoms with van der Waals surface area (Å²) in [6, 6.07) is 0.500. The van der Waals surface area contributed by atoms with Crippen LogP contribution in [0.25, 0.3) is 0 Å². The smallest absolute Gasteiger partial charge is 0.00418 e. The zero-order valence-corrected chi connectivity index (χ0v) is 17.0. The highest BCUT2D eigenvalue weighted by Gasteiger charge is 2.60. The number of nitrogens with two attached hydrogens (primary N) is 1. The van der Waals surface area contributed by atoms with Gasteiger partial charge in [0.25, 0.3) is 0 Å². The lowest BCUT2D eigenvalue weighted by Gasteiger charge is -2.61. The molecule has 10 unspecified atom stereocenters. The van der Waals surface area contributed by atoms with E-state index in [1.165, 1.54) is 44.9 Å². The van der Waals surface area contributed by atoms with Gasteiger partial charge in [0.15, 0.2) is 0 Å². The van der Waals surface area contributed by atoms with Gasteiger partial charge in [-0.1, -0.05) is 20.8 Å². The van der Waals surface area contributed by atoms with Gasteiger partial charge in [0.05, 0.1) is 0 Å². The van der Waals surface area contributed by atoms with E-state index >= 15 is 0 Å². The Morgan fingerprint density at radius 3 is 2.32 bits per heavy atom. The summed E-state index contributed by atoms with van der Waals surface area (Å²) in [5.41, 5.74) is 7.68. The molecule has 25 heavy (non-hydrogen) atoms. The molecule has 5 rings (SSSR count). The van der Waals surface area contributed by atoms with E-state index in [9.17, 15) is 0 Å². The Balaban J connectivity index is 1.36. The standard InChI is InChI=1S/C24H41N/c1-15-12-16(15)13-17-5-7-21-20-6-4-18-14-19(25)8-10-23(18,2)22(20)9-11-24(17,21)3/h15-22H,4-14,25H2,1-3H3. The molecule has 0 aliphatic heterocycles. The van der Waals surface area contributed by atoms with Crippen molar-refractivity contribution in [3.63, 3.8) is 0 Å². The topological polar surface area (TPSA) is 26.0 Å². The van der Waals surface area contributed by atoms with Crippen LogP contribution in [0.4, 0.5) is 0 Å². The lowest BCUT2D eigenvalue weighted by molar-refractivity contribution is -0.113. The lowest BCUT2D eigenvalue weighted by Crippen LogP contribution is -2.54. The Morgan fingerprint density at radius 1 is 0.840 bits per heavy atom. The predicted molar refractivity (Wildman–Crippen MR) is 105 cm³/mol. The van der Waals surface area contributed by atoms with Crippen LogP contribution in [-0.2, 0) is 0 Å². The number of hydrogen-bond acceptors (Lipinski definition) is 1. The Morgan fingerprint density at radius 2 is 1.56 bits per heavy atom. The molecule has 5 aliphatic rings. The highest BCUT2D eigenvalue weighted by Crippen LogP contribution is 2.68. The van der Waals surface area contributed by atoms with Gasteiger partial charge in [-0.25, -0.2) is 0 Å². The number of rotatable bonds is 2. The molecular formula is C24H41N. The summed E-state index contributed by atoms with van der Waals surface area (Å²) >= 11 is 0. The van der Waals surface area contributed by atoms with E-state index in [-0.39, 0.29) is 0 Å². The minimum Gasteiger partial charge on any atom is -0.328 e. The van der Waals surface area contributed by atoms with Crippen molar-refractivity contribution in [3.05, 3.63) is 0 Å². The van der Waals surface area contributed by atoms with Crippen LogP contribution in [-0.4, -0.2) is 6.04 Å². The largest absolute Gasteiger partial charge is 0.328 e. The third kappa shape index (κ3) is 2.50. The SMILES string of the molecule is CC1CC1CC1CCC2C3CCC4CC(N)CCC4(C)C3CCC12C. The van der Waals surface area contributed by atoms with E-state index in [4.69, 9.17) is 5.73 Å². The third-order valence-corrected chi connectivity index (χ3v) is 10.8. The first kappa shape index (κ1) is 17.1. The fourth-order valence-corrected chi connectivity index (χ4v) is 8.88. The molecule has 5 fully saturated rings. The summed E-state index contributed by atoms with van der Waals surface area (Å²) in [4.78, 5) is 0. The van der Waals surface area contributed by atoms with Gasteiger partial charge in [0.2, 0.25) is 0 Å². The van der Waals surface area contributed by atoms with Crippen LogP contribution in [0.3, 0.4) is 0 Å². The first-order valence-electron chi connectivity index (χ1n) is 11.7. The van der Waals surface area contributed by atoms with Gasteiger partial charge in [-0.15, -0.1) is 0 Å². The van der Waals surface area contributed by atoms with E-state index in [1.54, 1.807) is 25.7 Å². The van der Waals surface area contributed by atoms with Crippen molar-refractivity contribution in [2.24, 2.45) is 58.0 Å². The van der Waals surface area contributed by atoms with Crippen LogP contribution >= 0.6 is 0 Å². The molecule has 0 radical (unpaired) electrons. The minimum absolute atomic E-state index is 0.500. The number of fused-ring (bicyclic) bond motifs is 5. The van der Waals surface area contributed by atoms with Crippen LogP contribution in [0.5, 0.6) is 0 Å². The second-order valence-electron chi connectivity index (χ2n) is 11.7. The second-order valence-corrected chi connectivity index (χ2v) is 11.7. The van der Waals surface area contributed by atoms with Crippen LogP contribution in [0, 0.1) is 52.3 Å². The van der Waals surface area contributed by atoms with Crippen molar-refractivity contribution >= 4 is 0 Å². The molecule has 10 atom stereocenters. The van der Waals surface area contributed by atoms with Gasteiger partial charge in [-0.3, -0.25) is 0 Å². The van der Waals surface area contributed by atoms with Gasteiger partial charge in [-0.05, 0) is 123 Å². The average molecular weight is 344 g/mol. The molecule has 5 aliphatic carbocycles. The van der Waals surface area contributed by atoms with Gasteiger partial charge in [-0.2, -0.15) is 0 Å². The molecule has 1 heteroatoms. The molecule has 0 aromatic rings. The van der Waals surface area contributed by atoms with Crippen molar-refractivity contribution in [2.45, 2.75) is 97.4 Å².